The number of amides is 2. The molecule has 0 saturated heterocycles. The van der Waals surface area contributed by atoms with Crippen molar-refractivity contribution < 1.29 is 9.59 Å². The van der Waals surface area contributed by atoms with E-state index in [-0.39, 0.29) is 11.7 Å². The molecule has 1 aliphatic heterocycles. The molecule has 98 valence electrons. The maximum Gasteiger partial charge on any atom is 0.294 e. The average molecular weight is 278 g/mol. The lowest BCUT2D eigenvalue weighted by Crippen LogP contribution is -2.21. The van der Waals surface area contributed by atoms with E-state index >= 15 is 0 Å². The summed E-state index contributed by atoms with van der Waals surface area (Å²) in [6.45, 7) is 0.654. The summed E-state index contributed by atoms with van der Waals surface area (Å²) in [5, 5.41) is 11.8. The van der Waals surface area contributed by atoms with Crippen LogP contribution in [0.2, 0.25) is 0 Å². The molecule has 19 heavy (non-hydrogen) atoms. The number of nitrogens with one attached hydrogen (secondary N) is 3. The number of anilines is 1. The van der Waals surface area contributed by atoms with Crippen LogP contribution in [-0.2, 0) is 6.42 Å². The summed E-state index contributed by atoms with van der Waals surface area (Å²) in [6.07, 6.45) is 2.82. The van der Waals surface area contributed by atoms with E-state index in [2.05, 4.69) is 30.8 Å². The van der Waals surface area contributed by atoms with Crippen molar-refractivity contribution in [2.75, 3.05) is 11.9 Å². The second-order valence-electron chi connectivity index (χ2n) is 3.94. The fourth-order valence-electron chi connectivity index (χ4n) is 1.76. The molecule has 0 bridgehead atoms. The summed E-state index contributed by atoms with van der Waals surface area (Å²) < 4.78 is 0. The maximum atomic E-state index is 11.8. The van der Waals surface area contributed by atoms with Gasteiger partial charge < -0.3 is 5.32 Å². The fourth-order valence-corrected chi connectivity index (χ4v) is 2.68. The van der Waals surface area contributed by atoms with E-state index in [9.17, 15) is 9.59 Å². The van der Waals surface area contributed by atoms with E-state index < -0.39 is 5.91 Å². The molecular formula is C10H10N6O2S. The van der Waals surface area contributed by atoms with Gasteiger partial charge in [0.1, 0.15) is 11.2 Å². The normalized spacial score (nSPS) is 14.4. The van der Waals surface area contributed by atoms with Gasteiger partial charge in [0.15, 0.2) is 5.13 Å². The van der Waals surface area contributed by atoms with Crippen molar-refractivity contribution in [3.05, 3.63) is 22.7 Å². The minimum Gasteiger partial charge on any atom is -0.351 e. The van der Waals surface area contributed by atoms with E-state index in [1.807, 2.05) is 0 Å². The maximum absolute atomic E-state index is 11.8. The summed E-state index contributed by atoms with van der Waals surface area (Å²) in [5.41, 5.74) is 0.730. The van der Waals surface area contributed by atoms with Gasteiger partial charge in [-0.05, 0) is 12.8 Å². The molecule has 0 saturated carbocycles. The molecule has 0 aromatic carbocycles. The Morgan fingerprint density at radius 2 is 2.37 bits per heavy atom. The number of carbonyl (C=O) groups is 2. The molecule has 3 N–H and O–H groups in total. The molecule has 9 heteroatoms. The Balaban J connectivity index is 1.81. The number of hydrogen-bond donors (Lipinski definition) is 3. The third kappa shape index (κ3) is 2.32. The van der Waals surface area contributed by atoms with Gasteiger partial charge in [0.05, 0.1) is 5.69 Å². The van der Waals surface area contributed by atoms with Crippen molar-refractivity contribution >= 4 is 28.3 Å². The van der Waals surface area contributed by atoms with Gasteiger partial charge >= 0.3 is 0 Å². The van der Waals surface area contributed by atoms with Crippen LogP contribution in [-0.4, -0.2) is 38.5 Å². The first kappa shape index (κ1) is 11.8. The number of aromatic nitrogens is 4. The number of carbonyl (C=O) groups excluding carboxylic acids is 2. The predicted octanol–water partition coefficient (Wildman–Crippen LogP) is 0.189. The van der Waals surface area contributed by atoms with Gasteiger partial charge in [-0.2, -0.15) is 5.10 Å². The number of aromatic amines is 1. The third-order valence-electron chi connectivity index (χ3n) is 2.63. The van der Waals surface area contributed by atoms with Gasteiger partial charge in [-0.1, -0.05) is 11.3 Å². The van der Waals surface area contributed by atoms with Crippen LogP contribution in [0.4, 0.5) is 5.13 Å². The molecule has 0 unspecified atom stereocenters. The molecule has 2 amide bonds. The largest absolute Gasteiger partial charge is 0.351 e. The lowest BCUT2D eigenvalue weighted by molar-refractivity contribution is 0.0958. The Hall–Kier alpha value is -2.29. The second kappa shape index (κ2) is 4.76. The smallest absolute Gasteiger partial charge is 0.294 e. The molecule has 0 atom stereocenters. The Kier molecular flexibility index (Phi) is 2.95. The van der Waals surface area contributed by atoms with Crippen molar-refractivity contribution in [1.29, 1.82) is 0 Å². The van der Waals surface area contributed by atoms with Crippen LogP contribution in [0.5, 0.6) is 0 Å². The molecule has 0 aliphatic carbocycles. The highest BCUT2D eigenvalue weighted by molar-refractivity contribution is 7.17. The number of thiazole rings is 1. The second-order valence-corrected chi connectivity index (χ2v) is 4.94. The number of rotatable bonds is 2. The van der Waals surface area contributed by atoms with E-state index in [1.54, 1.807) is 0 Å². The van der Waals surface area contributed by atoms with Crippen molar-refractivity contribution in [2.24, 2.45) is 0 Å². The van der Waals surface area contributed by atoms with Gasteiger partial charge in [0.2, 0.25) is 5.82 Å². The Morgan fingerprint density at radius 3 is 3.16 bits per heavy atom. The molecule has 3 heterocycles. The lowest BCUT2D eigenvalue weighted by atomic mass is 10.2. The SMILES string of the molecule is O=C(Nc1nc2c(s1)C(=O)NCCC2)c1ncn[nH]1. The molecule has 8 nitrogen and oxygen atoms in total. The van der Waals surface area contributed by atoms with Crippen molar-refractivity contribution in [3.8, 4) is 0 Å². The average Bonchev–Trinajstić information content (AvgIpc) is 3.01. The van der Waals surface area contributed by atoms with Crippen LogP contribution < -0.4 is 10.6 Å². The molecule has 0 fully saturated rings. The monoisotopic (exact) mass is 278 g/mol. The summed E-state index contributed by atoms with van der Waals surface area (Å²) >= 11 is 1.17. The van der Waals surface area contributed by atoms with Crippen LogP contribution in [0.3, 0.4) is 0 Å². The number of H-pyrrole nitrogens is 1. The number of hydrogen-bond acceptors (Lipinski definition) is 6. The Morgan fingerprint density at radius 1 is 1.47 bits per heavy atom. The zero-order chi connectivity index (χ0) is 13.2. The molecule has 2 aromatic heterocycles. The highest BCUT2D eigenvalue weighted by Gasteiger charge is 2.21. The lowest BCUT2D eigenvalue weighted by Gasteiger charge is -1.98. The highest BCUT2D eigenvalue weighted by Crippen LogP contribution is 2.25. The van der Waals surface area contributed by atoms with E-state index in [1.165, 1.54) is 17.7 Å². The zero-order valence-corrected chi connectivity index (χ0v) is 10.6. The first-order valence-corrected chi connectivity index (χ1v) is 6.50. The molecule has 1 aliphatic rings. The summed E-state index contributed by atoms with van der Waals surface area (Å²) in [6, 6.07) is 0. The third-order valence-corrected chi connectivity index (χ3v) is 3.64. The van der Waals surface area contributed by atoms with Gasteiger partial charge in [-0.25, -0.2) is 9.97 Å². The summed E-state index contributed by atoms with van der Waals surface area (Å²) in [7, 11) is 0. The van der Waals surface area contributed by atoms with Crippen molar-refractivity contribution in [1.82, 2.24) is 25.5 Å². The summed E-state index contributed by atoms with van der Waals surface area (Å²) in [5.74, 6) is -0.457. The van der Waals surface area contributed by atoms with Gasteiger partial charge in [-0.15, -0.1) is 0 Å². The van der Waals surface area contributed by atoms with Crippen LogP contribution in [0, 0.1) is 0 Å². The molecular weight excluding hydrogens is 268 g/mol. The molecule has 0 spiro atoms. The predicted molar refractivity (Wildman–Crippen MR) is 67.1 cm³/mol. The Labute approximate surface area is 111 Å². The standard InChI is InChI=1S/C10H10N6O2S/c17-8-6-5(2-1-3-11-8)14-10(19-6)15-9(18)7-12-4-13-16-7/h4H,1-3H2,(H,11,17)(H,12,13,16)(H,14,15,18). The van der Waals surface area contributed by atoms with Crippen LogP contribution in [0.15, 0.2) is 6.33 Å². The Bertz CT molecular complexity index is 620. The number of fused-ring (bicyclic) bond motifs is 1. The highest BCUT2D eigenvalue weighted by atomic mass is 32.1. The van der Waals surface area contributed by atoms with E-state index in [0.717, 1.165) is 18.5 Å². The first-order valence-electron chi connectivity index (χ1n) is 5.68. The zero-order valence-electron chi connectivity index (χ0n) is 9.77. The minimum absolute atomic E-state index is 0.106. The first-order chi connectivity index (χ1) is 9.24. The van der Waals surface area contributed by atoms with Gasteiger partial charge in [-0.3, -0.25) is 20.0 Å². The quantitative estimate of drug-likeness (QED) is 0.725. The van der Waals surface area contributed by atoms with Gasteiger partial charge in [0, 0.05) is 6.54 Å². The van der Waals surface area contributed by atoms with Crippen LogP contribution in [0.25, 0.3) is 0 Å². The van der Waals surface area contributed by atoms with Crippen molar-refractivity contribution in [3.63, 3.8) is 0 Å². The topological polar surface area (TPSA) is 113 Å². The molecule has 0 radical (unpaired) electrons. The molecule has 3 rings (SSSR count). The number of nitrogens with zero attached hydrogens (tertiary/aromatic N) is 3. The van der Waals surface area contributed by atoms with Crippen LogP contribution in [0.1, 0.15) is 32.4 Å². The summed E-state index contributed by atoms with van der Waals surface area (Å²) in [4.78, 5) is 32.1. The minimum atomic E-state index is -0.429. The van der Waals surface area contributed by atoms with Crippen molar-refractivity contribution in [2.45, 2.75) is 12.8 Å². The fraction of sp³-hybridized carbons (Fsp3) is 0.300. The number of aryl methyl sites for hydroxylation is 1. The van der Waals surface area contributed by atoms with Crippen LogP contribution >= 0.6 is 11.3 Å². The molecule has 2 aromatic rings. The van der Waals surface area contributed by atoms with E-state index in [0.29, 0.717) is 16.6 Å². The van der Waals surface area contributed by atoms with Gasteiger partial charge in [0.25, 0.3) is 11.8 Å². The van der Waals surface area contributed by atoms with E-state index in [4.69, 9.17) is 0 Å².